The highest BCUT2D eigenvalue weighted by atomic mass is 16.6. The first-order chi connectivity index (χ1) is 20.3. The maximum absolute atomic E-state index is 13.7. The number of esters is 2. The number of rotatable bonds is 11. The molecule has 9 heteroatoms. The lowest BCUT2D eigenvalue weighted by Gasteiger charge is -2.30. The fourth-order valence-corrected chi connectivity index (χ4v) is 5.20. The minimum Gasteiger partial charge on any atom is -0.462 e. The average Bonchev–Trinajstić information content (AvgIpc) is 2.99. The summed E-state index contributed by atoms with van der Waals surface area (Å²) >= 11 is 0. The molecule has 214 valence electrons. The Balaban J connectivity index is 1.64. The van der Waals surface area contributed by atoms with Gasteiger partial charge in [0.1, 0.15) is 6.61 Å². The number of nitro groups is 1. The first-order valence-corrected chi connectivity index (χ1v) is 13.6. The van der Waals surface area contributed by atoms with Gasteiger partial charge in [0, 0.05) is 29.4 Å². The molecule has 3 aromatic rings. The highest BCUT2D eigenvalue weighted by molar-refractivity contribution is 6.00. The monoisotopic (exact) mass is 565 g/mol. The normalized spacial score (nSPS) is 14.7. The van der Waals surface area contributed by atoms with Crippen LogP contribution in [0.5, 0.6) is 0 Å². The van der Waals surface area contributed by atoms with Crippen molar-refractivity contribution in [2.75, 3.05) is 13.2 Å². The van der Waals surface area contributed by atoms with Crippen LogP contribution >= 0.6 is 0 Å². The Labute approximate surface area is 244 Å². The summed E-state index contributed by atoms with van der Waals surface area (Å²) in [6.07, 6.45) is 0.514. The van der Waals surface area contributed by atoms with Crippen molar-refractivity contribution >= 4 is 17.6 Å². The van der Waals surface area contributed by atoms with Crippen LogP contribution in [0.25, 0.3) is 0 Å². The smallest absolute Gasteiger partial charge is 0.336 e. The van der Waals surface area contributed by atoms with E-state index >= 15 is 0 Å². The number of nitro benzene ring substituents is 1. The number of hydrogen-bond acceptors (Lipinski definition) is 8. The number of non-ortho nitro benzene ring substituents is 1. The first-order valence-electron chi connectivity index (χ1n) is 13.6. The number of carbonyl (C=O) groups is 2. The Morgan fingerprint density at radius 1 is 0.881 bits per heavy atom. The Hall–Kier alpha value is -5.23. The van der Waals surface area contributed by atoms with Gasteiger partial charge in [0.15, 0.2) is 0 Å². The van der Waals surface area contributed by atoms with E-state index in [2.05, 4.69) is 5.32 Å². The van der Waals surface area contributed by atoms with Crippen LogP contribution in [-0.4, -0.2) is 30.1 Å². The lowest BCUT2D eigenvalue weighted by atomic mass is 9.80. The molecule has 3 aromatic carbocycles. The van der Waals surface area contributed by atoms with Crippen LogP contribution in [0.2, 0.25) is 0 Å². The quantitative estimate of drug-likeness (QED) is 0.129. The van der Waals surface area contributed by atoms with Gasteiger partial charge >= 0.3 is 11.9 Å². The van der Waals surface area contributed by atoms with E-state index in [-0.39, 0.29) is 42.4 Å². The van der Waals surface area contributed by atoms with Crippen LogP contribution in [0, 0.1) is 21.4 Å². The molecule has 0 fully saturated rings. The van der Waals surface area contributed by atoms with E-state index in [1.165, 1.54) is 18.2 Å². The molecular formula is C33H31N3O6. The third kappa shape index (κ3) is 6.91. The topological polar surface area (TPSA) is 132 Å². The zero-order valence-corrected chi connectivity index (χ0v) is 23.4. The van der Waals surface area contributed by atoms with Crippen LogP contribution < -0.4 is 5.32 Å². The Morgan fingerprint density at radius 3 is 1.95 bits per heavy atom. The van der Waals surface area contributed by atoms with Gasteiger partial charge < -0.3 is 14.8 Å². The van der Waals surface area contributed by atoms with Crippen molar-refractivity contribution in [3.8, 4) is 6.07 Å². The van der Waals surface area contributed by atoms with Crippen molar-refractivity contribution in [1.29, 1.82) is 5.26 Å². The molecule has 9 nitrogen and oxygen atoms in total. The van der Waals surface area contributed by atoms with Crippen LogP contribution in [0.3, 0.4) is 0 Å². The minimum atomic E-state index is -0.979. The average molecular weight is 566 g/mol. The van der Waals surface area contributed by atoms with E-state index in [1.54, 1.807) is 19.9 Å². The molecule has 1 N–H and O–H groups in total. The van der Waals surface area contributed by atoms with Crippen LogP contribution in [0.15, 0.2) is 107 Å². The van der Waals surface area contributed by atoms with Gasteiger partial charge in [-0.15, -0.1) is 0 Å². The van der Waals surface area contributed by atoms with Crippen molar-refractivity contribution in [2.24, 2.45) is 0 Å². The molecule has 1 aliphatic heterocycles. The summed E-state index contributed by atoms with van der Waals surface area (Å²) in [4.78, 5) is 38.0. The minimum absolute atomic E-state index is 0.000727. The number of dihydropyridines is 1. The van der Waals surface area contributed by atoms with Crippen LogP contribution in [0.1, 0.15) is 55.2 Å². The van der Waals surface area contributed by atoms with E-state index < -0.39 is 22.8 Å². The molecule has 1 aliphatic rings. The molecule has 0 spiro atoms. The van der Waals surface area contributed by atoms with Gasteiger partial charge in [-0.1, -0.05) is 72.8 Å². The molecule has 0 aliphatic carbocycles. The number of benzene rings is 3. The standard InChI is InChI=1S/C33H31N3O6/c1-22-29(32(37)41-19-10-18-34)31(26-15-9-16-27(21-26)36(39)40)30(23(2)35-22)33(38)42-20-17-28(24-11-5-3-6-12-24)25-13-7-4-8-14-25/h3-9,11-16,21,28,31,35H,10,17,19-20H2,1-2H3. The molecule has 0 saturated heterocycles. The largest absolute Gasteiger partial charge is 0.462 e. The molecule has 0 amide bonds. The molecule has 0 aromatic heterocycles. The molecule has 42 heavy (non-hydrogen) atoms. The molecule has 1 unspecified atom stereocenters. The summed E-state index contributed by atoms with van der Waals surface area (Å²) < 4.78 is 11.2. The molecule has 1 heterocycles. The fourth-order valence-electron chi connectivity index (χ4n) is 5.20. The molecule has 0 radical (unpaired) electrons. The van der Waals surface area contributed by atoms with E-state index in [0.29, 0.717) is 23.4 Å². The number of carbonyl (C=O) groups excluding carboxylic acids is 2. The number of hydrogen-bond donors (Lipinski definition) is 1. The maximum Gasteiger partial charge on any atom is 0.336 e. The van der Waals surface area contributed by atoms with Crippen LogP contribution in [0.4, 0.5) is 5.69 Å². The van der Waals surface area contributed by atoms with E-state index in [4.69, 9.17) is 14.7 Å². The second-order valence-electron chi connectivity index (χ2n) is 9.83. The summed E-state index contributed by atoms with van der Waals surface area (Å²) in [6.45, 7) is 3.33. The zero-order valence-electron chi connectivity index (χ0n) is 23.4. The highest BCUT2D eigenvalue weighted by Gasteiger charge is 2.38. The van der Waals surface area contributed by atoms with E-state index in [9.17, 15) is 19.7 Å². The summed E-state index contributed by atoms with van der Waals surface area (Å²) in [7, 11) is 0. The summed E-state index contributed by atoms with van der Waals surface area (Å²) in [5.74, 6) is -2.36. The number of nitrogens with zero attached hydrogens (tertiary/aromatic N) is 2. The lowest BCUT2D eigenvalue weighted by Crippen LogP contribution is -2.32. The molecule has 0 bridgehead atoms. The van der Waals surface area contributed by atoms with E-state index in [1.807, 2.05) is 66.7 Å². The fraction of sp³-hybridized carbons (Fsp3) is 0.242. The maximum atomic E-state index is 13.7. The lowest BCUT2D eigenvalue weighted by molar-refractivity contribution is -0.384. The summed E-state index contributed by atoms with van der Waals surface area (Å²) in [5.41, 5.74) is 3.55. The summed E-state index contributed by atoms with van der Waals surface area (Å²) in [5, 5.41) is 23.5. The van der Waals surface area contributed by atoms with Gasteiger partial charge in [0.2, 0.25) is 0 Å². The van der Waals surface area contributed by atoms with E-state index in [0.717, 1.165) is 11.1 Å². The predicted octanol–water partition coefficient (Wildman–Crippen LogP) is 6.05. The van der Waals surface area contributed by atoms with Crippen molar-refractivity contribution in [1.82, 2.24) is 5.32 Å². The van der Waals surface area contributed by atoms with Gasteiger partial charge in [-0.3, -0.25) is 10.1 Å². The molecule has 4 rings (SSSR count). The van der Waals surface area contributed by atoms with Crippen LogP contribution in [-0.2, 0) is 19.1 Å². The highest BCUT2D eigenvalue weighted by Crippen LogP contribution is 2.40. The van der Waals surface area contributed by atoms with Gasteiger partial charge in [-0.05, 0) is 37.0 Å². The third-order valence-corrected chi connectivity index (χ3v) is 7.11. The number of allylic oxidation sites excluding steroid dienone is 2. The molecular weight excluding hydrogens is 534 g/mol. The second-order valence-corrected chi connectivity index (χ2v) is 9.83. The number of nitriles is 1. The molecule has 0 saturated carbocycles. The van der Waals surface area contributed by atoms with Gasteiger partial charge in [-0.25, -0.2) is 9.59 Å². The third-order valence-electron chi connectivity index (χ3n) is 7.11. The van der Waals surface area contributed by atoms with Crippen molar-refractivity contribution in [2.45, 2.75) is 38.5 Å². The Kier molecular flexibility index (Phi) is 9.85. The van der Waals surface area contributed by atoms with Crippen molar-refractivity contribution in [3.63, 3.8) is 0 Å². The summed E-state index contributed by atoms with van der Waals surface area (Å²) in [6, 6.07) is 27.6. The van der Waals surface area contributed by atoms with Crippen molar-refractivity contribution < 1.29 is 24.0 Å². The SMILES string of the molecule is CC1=C(C(=O)OCCC#N)C(c2cccc([N+](=O)[O-])c2)C(C(=O)OCCC(c2ccccc2)c2ccccc2)=C(C)N1. The first kappa shape index (κ1) is 29.7. The van der Waals surface area contributed by atoms with Crippen molar-refractivity contribution in [3.05, 3.63) is 134 Å². The Bertz CT molecular complexity index is 1520. The number of nitrogens with one attached hydrogen (secondary N) is 1. The molecule has 1 atom stereocenters. The van der Waals surface area contributed by atoms with Gasteiger partial charge in [-0.2, -0.15) is 5.26 Å². The second kappa shape index (κ2) is 13.9. The van der Waals surface area contributed by atoms with Gasteiger partial charge in [0.25, 0.3) is 5.69 Å². The Morgan fingerprint density at radius 2 is 1.43 bits per heavy atom. The zero-order chi connectivity index (χ0) is 30.1. The number of ether oxygens (including phenoxy) is 2. The van der Waals surface area contributed by atoms with Gasteiger partial charge in [0.05, 0.1) is 41.1 Å². The predicted molar refractivity (Wildman–Crippen MR) is 156 cm³/mol.